The Kier molecular flexibility index (Phi) is 5.75. The van der Waals surface area contributed by atoms with Crippen molar-refractivity contribution in [3.05, 3.63) is 30.5 Å². The number of hydrogen-bond donors (Lipinski definition) is 1. The predicted octanol–water partition coefficient (Wildman–Crippen LogP) is 1.18. The number of nitrogens with one attached hydrogen (secondary N) is 1. The van der Waals surface area contributed by atoms with Gasteiger partial charge in [-0.1, -0.05) is 5.21 Å². The van der Waals surface area contributed by atoms with Gasteiger partial charge in [0.05, 0.1) is 19.0 Å². The number of amides is 1. The van der Waals surface area contributed by atoms with Crippen molar-refractivity contribution in [3.63, 3.8) is 0 Å². The molecule has 1 aliphatic heterocycles. The minimum absolute atomic E-state index is 0.121. The lowest BCUT2D eigenvalue weighted by Crippen LogP contribution is -2.33. The van der Waals surface area contributed by atoms with E-state index >= 15 is 0 Å². The van der Waals surface area contributed by atoms with Gasteiger partial charge in [0.25, 0.3) is 0 Å². The molecule has 0 unspecified atom stereocenters. The molecule has 0 spiro atoms. The van der Waals surface area contributed by atoms with Crippen molar-refractivity contribution in [1.82, 2.24) is 34.8 Å². The molecule has 1 N–H and O–H groups in total. The summed E-state index contributed by atoms with van der Waals surface area (Å²) in [6, 6.07) is 7.65. The Hall–Kier alpha value is -3.27. The Bertz CT molecular complexity index is 1020. The molecule has 30 heavy (non-hydrogen) atoms. The Balaban J connectivity index is 1.46. The van der Waals surface area contributed by atoms with Crippen LogP contribution in [0.2, 0.25) is 0 Å². The van der Waals surface area contributed by atoms with Crippen LogP contribution in [0.5, 0.6) is 5.75 Å². The number of nitrogens with zero attached hydrogens (tertiary/aromatic N) is 7. The Morgan fingerprint density at radius 2 is 2.10 bits per heavy atom. The molecule has 3 heterocycles. The second kappa shape index (κ2) is 8.62. The maximum atomic E-state index is 12.3. The third kappa shape index (κ3) is 4.33. The lowest BCUT2D eigenvalue weighted by atomic mass is 10.3. The average molecular weight is 410 g/mol. The van der Waals surface area contributed by atoms with E-state index in [-0.39, 0.29) is 11.9 Å². The Morgan fingerprint density at radius 3 is 2.83 bits per heavy atom. The number of aromatic nitrogens is 5. The van der Waals surface area contributed by atoms with Crippen LogP contribution in [-0.4, -0.2) is 87.6 Å². The number of ether oxygens (including phenoxy) is 1. The summed E-state index contributed by atoms with van der Waals surface area (Å²) >= 11 is 0. The fourth-order valence-corrected chi connectivity index (χ4v) is 3.46. The van der Waals surface area contributed by atoms with Crippen molar-refractivity contribution in [1.29, 1.82) is 0 Å². The molecule has 1 amide bonds. The lowest BCUT2D eigenvalue weighted by Gasteiger charge is -2.18. The quantitative estimate of drug-likeness (QED) is 0.620. The normalized spacial score (nSPS) is 16.4. The SMILES string of the molecule is COc1ccc(-n2nnc3cnc(N[C@@H]4CCN(C(=O)CCN(C)C)C4)nc32)cc1. The molecule has 2 aromatic heterocycles. The van der Waals surface area contributed by atoms with E-state index in [1.54, 1.807) is 18.0 Å². The highest BCUT2D eigenvalue weighted by atomic mass is 16.5. The topological polar surface area (TPSA) is 101 Å². The number of rotatable bonds is 7. The van der Waals surface area contributed by atoms with E-state index in [2.05, 4.69) is 25.6 Å². The van der Waals surface area contributed by atoms with Gasteiger partial charge >= 0.3 is 0 Å². The van der Waals surface area contributed by atoms with Crippen LogP contribution in [-0.2, 0) is 4.79 Å². The molecule has 0 saturated carbocycles. The zero-order valence-corrected chi connectivity index (χ0v) is 17.4. The van der Waals surface area contributed by atoms with E-state index in [1.165, 1.54) is 0 Å². The third-order valence-electron chi connectivity index (χ3n) is 5.16. The second-order valence-corrected chi connectivity index (χ2v) is 7.62. The van der Waals surface area contributed by atoms with Crippen molar-refractivity contribution < 1.29 is 9.53 Å². The third-order valence-corrected chi connectivity index (χ3v) is 5.16. The minimum atomic E-state index is 0.121. The Morgan fingerprint density at radius 1 is 1.30 bits per heavy atom. The van der Waals surface area contributed by atoms with E-state index in [9.17, 15) is 4.79 Å². The molecular formula is C20H26N8O2. The summed E-state index contributed by atoms with van der Waals surface area (Å²) in [6.45, 7) is 2.16. The van der Waals surface area contributed by atoms with Gasteiger partial charge in [-0.15, -0.1) is 5.10 Å². The smallest absolute Gasteiger partial charge is 0.225 e. The molecule has 3 aromatic rings. The van der Waals surface area contributed by atoms with Crippen LogP contribution in [0.25, 0.3) is 16.9 Å². The molecule has 10 nitrogen and oxygen atoms in total. The summed E-state index contributed by atoms with van der Waals surface area (Å²) in [4.78, 5) is 25.3. The molecule has 1 atom stereocenters. The van der Waals surface area contributed by atoms with Gasteiger partial charge in [0.15, 0.2) is 11.2 Å². The van der Waals surface area contributed by atoms with Crippen LogP contribution in [0.3, 0.4) is 0 Å². The molecule has 0 aliphatic carbocycles. The first-order valence-electron chi connectivity index (χ1n) is 9.95. The first kappa shape index (κ1) is 20.0. The number of fused-ring (bicyclic) bond motifs is 1. The van der Waals surface area contributed by atoms with Gasteiger partial charge in [0.2, 0.25) is 11.9 Å². The standard InChI is InChI=1S/C20H26N8O2/c1-26(2)10-9-18(29)27-11-8-14(13-27)22-20-21-12-17-19(23-20)28(25-24-17)15-4-6-16(30-3)7-5-15/h4-7,12,14H,8-11,13H2,1-3H3,(H,21,22,23)/t14-/m1/s1. The van der Waals surface area contributed by atoms with Crippen LogP contribution in [0.1, 0.15) is 12.8 Å². The zero-order chi connectivity index (χ0) is 21.1. The molecule has 0 bridgehead atoms. The van der Waals surface area contributed by atoms with E-state index in [4.69, 9.17) is 4.74 Å². The van der Waals surface area contributed by atoms with Crippen molar-refractivity contribution in [2.75, 3.05) is 46.2 Å². The highest BCUT2D eigenvalue weighted by molar-refractivity contribution is 5.77. The largest absolute Gasteiger partial charge is 0.497 e. The zero-order valence-electron chi connectivity index (χ0n) is 17.4. The molecule has 1 aliphatic rings. The summed E-state index contributed by atoms with van der Waals surface area (Å²) in [5, 5.41) is 11.7. The molecule has 4 rings (SSSR count). The molecule has 1 saturated heterocycles. The van der Waals surface area contributed by atoms with Crippen molar-refractivity contribution >= 4 is 23.0 Å². The first-order valence-corrected chi connectivity index (χ1v) is 9.95. The number of carbonyl (C=O) groups excluding carboxylic acids is 1. The fourth-order valence-electron chi connectivity index (χ4n) is 3.46. The van der Waals surface area contributed by atoms with E-state index in [0.717, 1.165) is 30.9 Å². The Labute approximate surface area is 174 Å². The number of carbonyl (C=O) groups is 1. The maximum absolute atomic E-state index is 12.3. The number of anilines is 1. The number of hydrogen-bond acceptors (Lipinski definition) is 8. The predicted molar refractivity (Wildman–Crippen MR) is 113 cm³/mol. The first-order chi connectivity index (χ1) is 14.5. The lowest BCUT2D eigenvalue weighted by molar-refractivity contribution is -0.130. The van der Waals surface area contributed by atoms with Crippen LogP contribution in [0, 0.1) is 0 Å². The number of likely N-dealkylation sites (tertiary alicyclic amines) is 1. The molecule has 1 aromatic carbocycles. The minimum Gasteiger partial charge on any atom is -0.497 e. The monoisotopic (exact) mass is 410 g/mol. The summed E-state index contributed by atoms with van der Waals surface area (Å²) in [7, 11) is 5.58. The highest BCUT2D eigenvalue weighted by Gasteiger charge is 2.26. The van der Waals surface area contributed by atoms with Gasteiger partial charge in [-0.2, -0.15) is 9.67 Å². The van der Waals surface area contributed by atoms with Crippen molar-refractivity contribution in [2.45, 2.75) is 18.9 Å². The van der Waals surface area contributed by atoms with Gasteiger partial charge in [0, 0.05) is 32.1 Å². The second-order valence-electron chi connectivity index (χ2n) is 7.62. The maximum Gasteiger partial charge on any atom is 0.225 e. The molecular weight excluding hydrogens is 384 g/mol. The summed E-state index contributed by atoms with van der Waals surface area (Å²) < 4.78 is 6.88. The van der Waals surface area contributed by atoms with E-state index in [0.29, 0.717) is 30.1 Å². The van der Waals surface area contributed by atoms with Crippen LogP contribution in [0.15, 0.2) is 30.5 Å². The molecule has 1 fully saturated rings. The van der Waals surface area contributed by atoms with Gasteiger partial charge in [-0.05, 0) is 44.8 Å². The fraction of sp³-hybridized carbons (Fsp3) is 0.450. The van der Waals surface area contributed by atoms with E-state index < -0.39 is 0 Å². The summed E-state index contributed by atoms with van der Waals surface area (Å²) in [5.41, 5.74) is 2.07. The summed E-state index contributed by atoms with van der Waals surface area (Å²) in [6.07, 6.45) is 3.06. The number of benzene rings is 1. The van der Waals surface area contributed by atoms with Crippen LogP contribution >= 0.6 is 0 Å². The van der Waals surface area contributed by atoms with Crippen LogP contribution in [0.4, 0.5) is 5.95 Å². The van der Waals surface area contributed by atoms with Gasteiger partial charge in [0.1, 0.15) is 5.75 Å². The van der Waals surface area contributed by atoms with E-state index in [1.807, 2.05) is 48.2 Å². The number of methoxy groups -OCH3 is 1. The summed E-state index contributed by atoms with van der Waals surface area (Å²) in [5.74, 6) is 1.46. The highest BCUT2D eigenvalue weighted by Crippen LogP contribution is 2.20. The van der Waals surface area contributed by atoms with Gasteiger partial charge in [-0.3, -0.25) is 4.79 Å². The van der Waals surface area contributed by atoms with Gasteiger partial charge < -0.3 is 19.9 Å². The van der Waals surface area contributed by atoms with Crippen molar-refractivity contribution in [3.8, 4) is 11.4 Å². The molecule has 0 radical (unpaired) electrons. The molecule has 10 heteroatoms. The van der Waals surface area contributed by atoms with Gasteiger partial charge in [-0.25, -0.2) is 4.98 Å². The van der Waals surface area contributed by atoms with Crippen molar-refractivity contribution in [2.24, 2.45) is 0 Å². The van der Waals surface area contributed by atoms with Crippen LogP contribution < -0.4 is 10.1 Å². The average Bonchev–Trinajstić information content (AvgIpc) is 3.39. The molecule has 158 valence electrons.